The van der Waals surface area contributed by atoms with Crippen molar-refractivity contribution >= 4 is 28.5 Å². The highest BCUT2D eigenvalue weighted by molar-refractivity contribution is 5.92. The van der Waals surface area contributed by atoms with Gasteiger partial charge in [-0.15, -0.1) is 0 Å². The number of primary amides is 1. The van der Waals surface area contributed by atoms with E-state index in [0.29, 0.717) is 13.1 Å². The molecule has 1 aliphatic heterocycles. The number of rotatable bonds is 7. The summed E-state index contributed by atoms with van der Waals surface area (Å²) in [6.45, 7) is 4.52. The van der Waals surface area contributed by atoms with E-state index in [1.54, 1.807) is 0 Å². The number of carbonyl (C=O) groups excluding carboxylic acids is 2. The molecule has 2 amide bonds. The Morgan fingerprint density at radius 2 is 1.94 bits per heavy atom. The largest absolute Gasteiger partial charge is 0.369 e. The van der Waals surface area contributed by atoms with Crippen LogP contribution in [0.1, 0.15) is 31.2 Å². The number of nitrogens with two attached hydrogens (primary N) is 1. The molecule has 0 saturated carbocycles. The van der Waals surface area contributed by atoms with Gasteiger partial charge in [-0.25, -0.2) is 4.98 Å². The molecule has 3 aromatic rings. The van der Waals surface area contributed by atoms with Crippen molar-refractivity contribution in [1.29, 1.82) is 0 Å². The van der Waals surface area contributed by atoms with E-state index in [-0.39, 0.29) is 24.3 Å². The van der Waals surface area contributed by atoms with Crippen molar-refractivity contribution in [2.75, 3.05) is 18.4 Å². The maximum Gasteiger partial charge on any atom is 0.244 e. The molecule has 162 valence electrons. The number of amides is 2. The number of likely N-dealkylation sites (tertiary alicyclic amines) is 1. The molecule has 3 N–H and O–H groups in total. The van der Waals surface area contributed by atoms with Crippen LogP contribution < -0.4 is 11.1 Å². The van der Waals surface area contributed by atoms with E-state index in [1.165, 1.54) is 0 Å². The van der Waals surface area contributed by atoms with Crippen molar-refractivity contribution in [1.82, 2.24) is 14.5 Å². The SMILES string of the molecule is CCc1nc2ccccc2n1CC(=O)Nc1ccccc1CN1CCCC(C(N)=O)C1. The van der Waals surface area contributed by atoms with Crippen LogP contribution >= 0.6 is 0 Å². The van der Waals surface area contributed by atoms with Gasteiger partial charge in [0.1, 0.15) is 12.4 Å². The molecule has 0 radical (unpaired) electrons. The Balaban J connectivity index is 1.48. The third-order valence-corrected chi connectivity index (χ3v) is 5.94. The van der Waals surface area contributed by atoms with Crippen molar-refractivity contribution in [3.8, 4) is 0 Å². The third kappa shape index (κ3) is 4.77. The van der Waals surface area contributed by atoms with Gasteiger partial charge in [-0.3, -0.25) is 14.5 Å². The number of benzene rings is 2. The van der Waals surface area contributed by atoms with E-state index >= 15 is 0 Å². The summed E-state index contributed by atoms with van der Waals surface area (Å²) in [5.41, 5.74) is 9.22. The number of nitrogens with one attached hydrogen (secondary N) is 1. The molecule has 7 heteroatoms. The van der Waals surface area contributed by atoms with Crippen LogP contribution in [0.5, 0.6) is 0 Å². The van der Waals surface area contributed by atoms with Gasteiger partial charge >= 0.3 is 0 Å². The van der Waals surface area contributed by atoms with E-state index in [0.717, 1.165) is 53.9 Å². The van der Waals surface area contributed by atoms with Crippen LogP contribution in [0, 0.1) is 5.92 Å². The summed E-state index contributed by atoms with van der Waals surface area (Å²) < 4.78 is 1.98. The molecular weight excluding hydrogens is 390 g/mol. The number of aryl methyl sites for hydroxylation is 1. The average Bonchev–Trinajstić information content (AvgIpc) is 3.13. The Morgan fingerprint density at radius 1 is 1.16 bits per heavy atom. The standard InChI is InChI=1S/C24H29N5O2/c1-2-22-26-20-11-5-6-12-21(20)29(22)16-23(30)27-19-10-4-3-8-17(19)14-28-13-7-9-18(15-28)24(25)31/h3-6,8,10-12,18H,2,7,9,13-16H2,1H3,(H2,25,31)(H,27,30). The number of piperidine rings is 1. The highest BCUT2D eigenvalue weighted by atomic mass is 16.2. The number of carbonyl (C=O) groups is 2. The third-order valence-electron chi connectivity index (χ3n) is 5.94. The first-order valence-corrected chi connectivity index (χ1v) is 10.9. The maximum atomic E-state index is 12.9. The van der Waals surface area contributed by atoms with Crippen LogP contribution in [0.3, 0.4) is 0 Å². The molecule has 0 bridgehead atoms. The second kappa shape index (κ2) is 9.31. The molecular formula is C24H29N5O2. The first-order valence-electron chi connectivity index (χ1n) is 10.9. The Hall–Kier alpha value is -3.19. The number of hydrogen-bond donors (Lipinski definition) is 2. The Bertz CT molecular complexity index is 1090. The van der Waals surface area contributed by atoms with Crippen molar-refractivity contribution < 1.29 is 9.59 Å². The minimum Gasteiger partial charge on any atom is -0.369 e. The number of fused-ring (bicyclic) bond motifs is 1. The van der Waals surface area contributed by atoms with Crippen LogP contribution in [0.15, 0.2) is 48.5 Å². The molecule has 4 rings (SSSR count). The molecule has 1 saturated heterocycles. The van der Waals surface area contributed by atoms with Crippen LogP contribution in [0.25, 0.3) is 11.0 Å². The van der Waals surface area contributed by atoms with Crippen molar-refractivity contribution in [2.45, 2.75) is 39.3 Å². The molecule has 2 aromatic carbocycles. The van der Waals surface area contributed by atoms with Gasteiger partial charge < -0.3 is 15.6 Å². The number of imidazole rings is 1. The second-order valence-electron chi connectivity index (χ2n) is 8.14. The first-order chi connectivity index (χ1) is 15.0. The van der Waals surface area contributed by atoms with Crippen molar-refractivity contribution in [3.05, 3.63) is 59.9 Å². The predicted octanol–water partition coefficient (Wildman–Crippen LogP) is 2.93. The second-order valence-corrected chi connectivity index (χ2v) is 8.14. The number of para-hydroxylation sites is 3. The minimum atomic E-state index is -0.231. The summed E-state index contributed by atoms with van der Waals surface area (Å²) in [4.78, 5) is 31.4. The first kappa shape index (κ1) is 21.1. The van der Waals surface area contributed by atoms with Gasteiger partial charge in [0.2, 0.25) is 11.8 Å². The van der Waals surface area contributed by atoms with Gasteiger partial charge in [-0.1, -0.05) is 37.3 Å². The molecule has 1 fully saturated rings. The Labute approximate surface area is 182 Å². The van der Waals surface area contributed by atoms with Gasteiger partial charge in [-0.05, 0) is 43.1 Å². The fraction of sp³-hybridized carbons (Fsp3) is 0.375. The zero-order chi connectivity index (χ0) is 21.8. The number of aromatic nitrogens is 2. The molecule has 0 aliphatic carbocycles. The highest BCUT2D eigenvalue weighted by Crippen LogP contribution is 2.23. The van der Waals surface area contributed by atoms with Crippen molar-refractivity contribution in [3.63, 3.8) is 0 Å². The predicted molar refractivity (Wildman–Crippen MR) is 121 cm³/mol. The van der Waals surface area contributed by atoms with Gasteiger partial charge in [0.15, 0.2) is 0 Å². The summed E-state index contributed by atoms with van der Waals surface area (Å²) in [7, 11) is 0. The van der Waals surface area contributed by atoms with Gasteiger partial charge in [0.25, 0.3) is 0 Å². The van der Waals surface area contributed by atoms with E-state index in [1.807, 2.05) is 60.0 Å². The van der Waals surface area contributed by atoms with Crippen LogP contribution in [0.4, 0.5) is 5.69 Å². The van der Waals surface area contributed by atoms with Crippen LogP contribution in [0.2, 0.25) is 0 Å². The lowest BCUT2D eigenvalue weighted by atomic mass is 9.97. The molecule has 7 nitrogen and oxygen atoms in total. The van der Waals surface area contributed by atoms with E-state index in [2.05, 4.69) is 15.2 Å². The van der Waals surface area contributed by atoms with Gasteiger partial charge in [-0.2, -0.15) is 0 Å². The number of anilines is 1. The summed E-state index contributed by atoms with van der Waals surface area (Å²) in [5, 5.41) is 3.08. The average molecular weight is 420 g/mol. The lowest BCUT2D eigenvalue weighted by molar-refractivity contribution is -0.123. The summed E-state index contributed by atoms with van der Waals surface area (Å²) in [6, 6.07) is 15.7. The maximum absolute atomic E-state index is 12.9. The number of nitrogens with zero attached hydrogens (tertiary/aromatic N) is 3. The Morgan fingerprint density at radius 3 is 2.74 bits per heavy atom. The fourth-order valence-corrected chi connectivity index (χ4v) is 4.36. The van der Waals surface area contributed by atoms with E-state index in [9.17, 15) is 9.59 Å². The monoisotopic (exact) mass is 419 g/mol. The van der Waals surface area contributed by atoms with E-state index < -0.39 is 0 Å². The molecule has 1 aromatic heterocycles. The van der Waals surface area contributed by atoms with Crippen LogP contribution in [-0.4, -0.2) is 39.4 Å². The normalized spacial score (nSPS) is 17.0. The molecule has 31 heavy (non-hydrogen) atoms. The topological polar surface area (TPSA) is 93.2 Å². The quantitative estimate of drug-likeness (QED) is 0.616. The highest BCUT2D eigenvalue weighted by Gasteiger charge is 2.24. The molecule has 2 heterocycles. The summed E-state index contributed by atoms with van der Waals surface area (Å²) >= 11 is 0. The molecule has 1 aliphatic rings. The molecule has 1 unspecified atom stereocenters. The number of hydrogen-bond acceptors (Lipinski definition) is 4. The van der Waals surface area contributed by atoms with Crippen molar-refractivity contribution in [2.24, 2.45) is 11.7 Å². The molecule has 0 spiro atoms. The van der Waals surface area contributed by atoms with Crippen LogP contribution in [-0.2, 0) is 29.1 Å². The van der Waals surface area contributed by atoms with Gasteiger partial charge in [0.05, 0.1) is 17.0 Å². The van der Waals surface area contributed by atoms with E-state index in [4.69, 9.17) is 5.73 Å². The zero-order valence-corrected chi connectivity index (χ0v) is 17.9. The smallest absolute Gasteiger partial charge is 0.244 e. The summed E-state index contributed by atoms with van der Waals surface area (Å²) in [5.74, 6) is 0.484. The zero-order valence-electron chi connectivity index (χ0n) is 17.9. The minimum absolute atomic E-state index is 0.0843. The Kier molecular flexibility index (Phi) is 6.32. The summed E-state index contributed by atoms with van der Waals surface area (Å²) in [6.07, 6.45) is 2.56. The lowest BCUT2D eigenvalue weighted by Gasteiger charge is -2.31. The van der Waals surface area contributed by atoms with Gasteiger partial charge in [0, 0.05) is 25.2 Å². The fourth-order valence-electron chi connectivity index (χ4n) is 4.36. The molecule has 1 atom stereocenters. The lowest BCUT2D eigenvalue weighted by Crippen LogP contribution is -2.40.